The van der Waals surface area contributed by atoms with Crippen LogP contribution >= 0.6 is 0 Å². The first-order valence-corrected chi connectivity index (χ1v) is 11.6. The maximum atomic E-state index is 13.2. The summed E-state index contributed by atoms with van der Waals surface area (Å²) in [6, 6.07) is 6.74. The summed E-state index contributed by atoms with van der Waals surface area (Å²) in [6.07, 6.45) is 2.14. The lowest BCUT2D eigenvalue weighted by Crippen LogP contribution is -2.49. The Kier molecular flexibility index (Phi) is 7.23. The zero-order valence-electron chi connectivity index (χ0n) is 20.1. The number of fused-ring (bicyclic) bond motifs is 1. The Balaban J connectivity index is 1.55. The third kappa shape index (κ3) is 5.23. The van der Waals surface area contributed by atoms with Crippen LogP contribution < -0.4 is 9.64 Å². The van der Waals surface area contributed by atoms with Crippen LogP contribution in [0, 0.1) is 6.92 Å². The van der Waals surface area contributed by atoms with Crippen molar-refractivity contribution in [3.63, 3.8) is 0 Å². The smallest absolute Gasteiger partial charge is 0.308 e. The summed E-state index contributed by atoms with van der Waals surface area (Å²) in [6.45, 7) is 7.33. The number of piperazine rings is 1. The van der Waals surface area contributed by atoms with Crippen LogP contribution in [0.25, 0.3) is 5.78 Å². The summed E-state index contributed by atoms with van der Waals surface area (Å²) in [4.78, 5) is 49.3. The lowest BCUT2D eigenvalue weighted by Gasteiger charge is -2.37. The van der Waals surface area contributed by atoms with E-state index in [0.717, 1.165) is 17.1 Å². The van der Waals surface area contributed by atoms with Gasteiger partial charge in [0, 0.05) is 50.8 Å². The highest BCUT2D eigenvalue weighted by Gasteiger charge is 2.28. The number of carbonyl (C=O) groups is 3. The molecule has 3 aromatic rings. The van der Waals surface area contributed by atoms with Crippen LogP contribution in [0.3, 0.4) is 0 Å². The fraction of sp³-hybridized carbons (Fsp3) is 0.417. The highest BCUT2D eigenvalue weighted by molar-refractivity contribution is 5.97. The molecule has 3 heterocycles. The first-order valence-electron chi connectivity index (χ1n) is 11.6. The van der Waals surface area contributed by atoms with Gasteiger partial charge in [0.2, 0.25) is 0 Å². The van der Waals surface area contributed by atoms with Crippen LogP contribution in [0.5, 0.6) is 5.75 Å². The summed E-state index contributed by atoms with van der Waals surface area (Å²) >= 11 is 0. The van der Waals surface area contributed by atoms with E-state index in [9.17, 15) is 14.4 Å². The van der Waals surface area contributed by atoms with Crippen molar-refractivity contribution >= 4 is 29.4 Å². The number of rotatable bonds is 7. The molecule has 0 atom stereocenters. The van der Waals surface area contributed by atoms with Gasteiger partial charge < -0.3 is 19.3 Å². The second-order valence-corrected chi connectivity index (χ2v) is 8.15. The molecule has 1 fully saturated rings. The Morgan fingerprint density at radius 1 is 1.09 bits per heavy atom. The van der Waals surface area contributed by atoms with Crippen LogP contribution in [0.15, 0.2) is 30.6 Å². The number of nitrogens with zero attached hydrogens (tertiary/aromatic N) is 6. The van der Waals surface area contributed by atoms with Crippen LogP contribution in [0.1, 0.15) is 41.9 Å². The van der Waals surface area contributed by atoms with E-state index in [1.165, 1.54) is 13.3 Å². The molecule has 1 amide bonds. The molecule has 0 radical (unpaired) electrons. The summed E-state index contributed by atoms with van der Waals surface area (Å²) in [7, 11) is 0. The Labute approximate surface area is 202 Å². The number of aromatic nitrogens is 4. The third-order valence-electron chi connectivity index (χ3n) is 5.83. The third-order valence-corrected chi connectivity index (χ3v) is 5.83. The number of para-hydroxylation sites is 1. The molecule has 2 aromatic heterocycles. The molecule has 0 N–H and O–H groups in total. The molecule has 1 aliphatic rings. The fourth-order valence-electron chi connectivity index (χ4n) is 4.22. The van der Waals surface area contributed by atoms with Gasteiger partial charge in [-0.2, -0.15) is 14.6 Å². The van der Waals surface area contributed by atoms with Gasteiger partial charge in [0.15, 0.2) is 0 Å². The largest absolute Gasteiger partial charge is 0.466 e. The summed E-state index contributed by atoms with van der Waals surface area (Å²) in [5.41, 5.74) is 2.03. The second-order valence-electron chi connectivity index (χ2n) is 8.15. The molecule has 0 unspecified atom stereocenters. The van der Waals surface area contributed by atoms with E-state index in [1.807, 2.05) is 6.92 Å². The number of ether oxygens (including phenoxy) is 2. The zero-order chi connectivity index (χ0) is 24.9. The van der Waals surface area contributed by atoms with Gasteiger partial charge in [-0.05, 0) is 32.4 Å². The normalized spacial score (nSPS) is 13.7. The second kappa shape index (κ2) is 10.5. The Morgan fingerprint density at radius 3 is 2.54 bits per heavy atom. The number of esters is 2. The molecule has 35 heavy (non-hydrogen) atoms. The van der Waals surface area contributed by atoms with E-state index in [2.05, 4.69) is 20.0 Å². The van der Waals surface area contributed by atoms with Gasteiger partial charge in [0.1, 0.15) is 17.9 Å². The first-order chi connectivity index (χ1) is 16.9. The number of anilines is 1. The van der Waals surface area contributed by atoms with Crippen LogP contribution in [0.2, 0.25) is 0 Å². The van der Waals surface area contributed by atoms with Gasteiger partial charge in [-0.3, -0.25) is 14.4 Å². The predicted octanol–water partition coefficient (Wildman–Crippen LogP) is 1.82. The van der Waals surface area contributed by atoms with Gasteiger partial charge >= 0.3 is 11.9 Å². The number of hydrogen-bond donors (Lipinski definition) is 0. The van der Waals surface area contributed by atoms with E-state index >= 15 is 0 Å². The van der Waals surface area contributed by atoms with Crippen molar-refractivity contribution in [1.29, 1.82) is 0 Å². The molecule has 0 bridgehead atoms. The molecule has 4 rings (SSSR count). The monoisotopic (exact) mass is 480 g/mol. The first kappa shape index (κ1) is 24.1. The van der Waals surface area contributed by atoms with Crippen molar-refractivity contribution in [3.05, 3.63) is 47.4 Å². The lowest BCUT2D eigenvalue weighted by atomic mass is 10.1. The molecule has 1 aliphatic heterocycles. The molecule has 1 saturated heterocycles. The van der Waals surface area contributed by atoms with E-state index in [0.29, 0.717) is 50.5 Å². The maximum absolute atomic E-state index is 13.2. The minimum absolute atomic E-state index is 0.194. The van der Waals surface area contributed by atoms with E-state index in [4.69, 9.17) is 9.47 Å². The molecule has 0 aliphatic carbocycles. The van der Waals surface area contributed by atoms with Crippen LogP contribution in [-0.4, -0.2) is 75.1 Å². The van der Waals surface area contributed by atoms with E-state index < -0.39 is 5.97 Å². The minimum atomic E-state index is -0.477. The van der Waals surface area contributed by atoms with Crippen LogP contribution in [0.4, 0.5) is 5.82 Å². The predicted molar refractivity (Wildman–Crippen MR) is 126 cm³/mol. The van der Waals surface area contributed by atoms with Crippen molar-refractivity contribution in [2.45, 2.75) is 33.6 Å². The zero-order valence-corrected chi connectivity index (χ0v) is 20.1. The summed E-state index contributed by atoms with van der Waals surface area (Å²) < 4.78 is 12.0. The molecular weight excluding hydrogens is 452 g/mol. The van der Waals surface area contributed by atoms with E-state index in [1.54, 1.807) is 40.6 Å². The topological polar surface area (TPSA) is 119 Å². The fourth-order valence-corrected chi connectivity index (χ4v) is 4.22. The Bertz CT molecular complexity index is 1250. The van der Waals surface area contributed by atoms with Gasteiger partial charge in [-0.1, -0.05) is 12.1 Å². The standard InChI is InChI=1S/C24H28N6O5/c1-4-34-21(32)10-9-18-16(2)27-24-25-15-26-30(24)22(18)28-11-13-29(14-12-28)23(33)19-7-5-6-8-20(19)35-17(3)31/h5-8,15H,4,9-14H2,1-3H3. The molecule has 0 spiro atoms. The van der Waals surface area contributed by atoms with Gasteiger partial charge in [0.05, 0.1) is 12.2 Å². The highest BCUT2D eigenvalue weighted by Crippen LogP contribution is 2.27. The Morgan fingerprint density at radius 2 is 1.83 bits per heavy atom. The number of amides is 1. The maximum Gasteiger partial charge on any atom is 0.308 e. The number of benzene rings is 1. The average Bonchev–Trinajstić information content (AvgIpc) is 3.30. The molecule has 11 nitrogen and oxygen atoms in total. The van der Waals surface area contributed by atoms with Crippen molar-refractivity contribution in [2.24, 2.45) is 0 Å². The summed E-state index contributed by atoms with van der Waals surface area (Å²) in [5, 5.41) is 4.36. The Hall–Kier alpha value is -4.02. The number of carbonyl (C=O) groups excluding carboxylic acids is 3. The van der Waals surface area contributed by atoms with Crippen molar-refractivity contribution in [2.75, 3.05) is 37.7 Å². The van der Waals surface area contributed by atoms with Crippen molar-refractivity contribution in [3.8, 4) is 5.75 Å². The SMILES string of the molecule is CCOC(=O)CCc1c(C)nc2ncnn2c1N1CCN(C(=O)c2ccccc2OC(C)=O)CC1. The van der Waals surface area contributed by atoms with E-state index in [-0.39, 0.29) is 24.0 Å². The van der Waals surface area contributed by atoms with Crippen molar-refractivity contribution < 1.29 is 23.9 Å². The average molecular weight is 481 g/mol. The van der Waals surface area contributed by atoms with Gasteiger partial charge in [0.25, 0.3) is 11.7 Å². The molecule has 11 heteroatoms. The summed E-state index contributed by atoms with van der Waals surface area (Å²) in [5.74, 6) is 0.616. The minimum Gasteiger partial charge on any atom is -0.466 e. The molecular formula is C24H28N6O5. The van der Waals surface area contributed by atoms with Gasteiger partial charge in [-0.25, -0.2) is 4.98 Å². The molecule has 184 valence electrons. The van der Waals surface area contributed by atoms with Crippen molar-refractivity contribution in [1.82, 2.24) is 24.5 Å². The molecule has 0 saturated carbocycles. The van der Waals surface area contributed by atoms with Gasteiger partial charge in [-0.15, -0.1) is 0 Å². The number of hydrogen-bond acceptors (Lipinski definition) is 9. The van der Waals surface area contributed by atoms with Crippen LogP contribution in [-0.2, 0) is 20.7 Å². The highest BCUT2D eigenvalue weighted by atomic mass is 16.5. The molecule has 1 aromatic carbocycles. The number of aryl methyl sites for hydroxylation is 1. The quantitative estimate of drug-likeness (QED) is 0.368. The lowest BCUT2D eigenvalue weighted by molar-refractivity contribution is -0.143.